The maximum atomic E-state index is 6.01. The molecule has 0 heterocycles. The summed E-state index contributed by atoms with van der Waals surface area (Å²) in [6.07, 6.45) is 2.02. The minimum Gasteiger partial charge on any atom is -0.375 e. The van der Waals surface area contributed by atoms with Crippen molar-refractivity contribution >= 4 is 29.3 Å². The van der Waals surface area contributed by atoms with Gasteiger partial charge in [-0.05, 0) is 24.0 Å². The number of guanidine groups is 1. The SMILES string of the molecule is CN=C(NCCSC)NCC(OC)c1cccc(Cl)c1. The Morgan fingerprint density at radius 2 is 2.25 bits per heavy atom. The number of rotatable bonds is 7. The molecule has 0 aliphatic heterocycles. The van der Waals surface area contributed by atoms with Gasteiger partial charge >= 0.3 is 0 Å². The molecule has 0 saturated carbocycles. The average molecular weight is 316 g/mol. The van der Waals surface area contributed by atoms with Gasteiger partial charge in [-0.25, -0.2) is 0 Å². The Kier molecular flexibility index (Phi) is 8.49. The lowest BCUT2D eigenvalue weighted by Crippen LogP contribution is -2.40. The van der Waals surface area contributed by atoms with E-state index >= 15 is 0 Å². The van der Waals surface area contributed by atoms with Gasteiger partial charge in [0.15, 0.2) is 5.96 Å². The molecule has 1 atom stereocenters. The Labute approximate surface area is 130 Å². The predicted octanol–water partition coefficient (Wildman–Crippen LogP) is 2.56. The molecular formula is C14H22ClN3OS. The van der Waals surface area contributed by atoms with E-state index in [4.69, 9.17) is 16.3 Å². The quantitative estimate of drug-likeness (QED) is 0.461. The molecule has 0 aliphatic rings. The maximum Gasteiger partial charge on any atom is 0.191 e. The zero-order chi connectivity index (χ0) is 14.8. The molecule has 4 nitrogen and oxygen atoms in total. The van der Waals surface area contributed by atoms with E-state index in [1.54, 1.807) is 25.9 Å². The maximum absolute atomic E-state index is 6.01. The van der Waals surface area contributed by atoms with Crippen LogP contribution in [0, 0.1) is 0 Å². The Hall–Kier alpha value is -0.910. The third-order valence-corrected chi connectivity index (χ3v) is 3.63. The molecule has 0 spiro atoms. The average Bonchev–Trinajstić information content (AvgIpc) is 2.46. The van der Waals surface area contributed by atoms with Crippen LogP contribution in [0.5, 0.6) is 0 Å². The highest BCUT2D eigenvalue weighted by atomic mass is 35.5. The first kappa shape index (κ1) is 17.1. The van der Waals surface area contributed by atoms with Crippen LogP contribution < -0.4 is 10.6 Å². The molecular weight excluding hydrogens is 294 g/mol. The normalized spacial score (nSPS) is 13.1. The molecule has 0 fully saturated rings. The molecule has 1 aromatic rings. The first-order valence-corrected chi connectivity index (χ1v) is 8.20. The molecule has 1 unspecified atom stereocenters. The van der Waals surface area contributed by atoms with Crippen molar-refractivity contribution in [3.8, 4) is 0 Å². The van der Waals surface area contributed by atoms with Gasteiger partial charge in [-0.2, -0.15) is 11.8 Å². The lowest BCUT2D eigenvalue weighted by atomic mass is 10.1. The second kappa shape index (κ2) is 9.91. The van der Waals surface area contributed by atoms with Crippen LogP contribution in [-0.4, -0.2) is 45.2 Å². The molecule has 0 aromatic heterocycles. The number of aliphatic imine (C=N–C) groups is 1. The van der Waals surface area contributed by atoms with Crippen molar-refractivity contribution in [3.05, 3.63) is 34.9 Å². The van der Waals surface area contributed by atoms with E-state index in [1.165, 1.54) is 0 Å². The standard InChI is InChI=1S/C14H22ClN3OS/c1-16-14(17-7-8-20-3)18-10-13(19-2)11-5-4-6-12(15)9-11/h4-6,9,13H,7-8,10H2,1-3H3,(H2,16,17,18). The van der Waals surface area contributed by atoms with Crippen molar-refractivity contribution in [2.75, 3.05) is 39.3 Å². The van der Waals surface area contributed by atoms with E-state index in [1.807, 2.05) is 24.3 Å². The first-order valence-electron chi connectivity index (χ1n) is 6.43. The van der Waals surface area contributed by atoms with Crippen LogP contribution in [0.15, 0.2) is 29.3 Å². The molecule has 20 heavy (non-hydrogen) atoms. The zero-order valence-electron chi connectivity index (χ0n) is 12.1. The summed E-state index contributed by atoms with van der Waals surface area (Å²) in [6.45, 7) is 1.52. The van der Waals surface area contributed by atoms with Gasteiger partial charge in [-0.1, -0.05) is 23.7 Å². The summed E-state index contributed by atoms with van der Waals surface area (Å²) in [4.78, 5) is 4.18. The number of hydrogen-bond acceptors (Lipinski definition) is 3. The molecule has 0 saturated heterocycles. The molecule has 0 amide bonds. The Morgan fingerprint density at radius 3 is 2.85 bits per heavy atom. The van der Waals surface area contributed by atoms with Gasteiger partial charge in [0, 0.05) is 38.0 Å². The van der Waals surface area contributed by atoms with Crippen molar-refractivity contribution in [1.29, 1.82) is 0 Å². The second-order valence-electron chi connectivity index (χ2n) is 4.15. The van der Waals surface area contributed by atoms with Crippen molar-refractivity contribution in [2.24, 2.45) is 4.99 Å². The fourth-order valence-corrected chi connectivity index (χ4v) is 2.23. The molecule has 0 bridgehead atoms. The highest BCUT2D eigenvalue weighted by molar-refractivity contribution is 7.98. The van der Waals surface area contributed by atoms with Gasteiger partial charge in [0.1, 0.15) is 0 Å². The first-order chi connectivity index (χ1) is 9.71. The molecule has 2 N–H and O–H groups in total. The zero-order valence-corrected chi connectivity index (χ0v) is 13.7. The monoisotopic (exact) mass is 315 g/mol. The largest absolute Gasteiger partial charge is 0.375 e. The summed E-state index contributed by atoms with van der Waals surface area (Å²) in [6, 6.07) is 7.70. The van der Waals surface area contributed by atoms with Gasteiger partial charge in [0.2, 0.25) is 0 Å². The number of nitrogens with one attached hydrogen (secondary N) is 2. The minimum absolute atomic E-state index is 0.0622. The van der Waals surface area contributed by atoms with Crippen LogP contribution in [0.2, 0.25) is 5.02 Å². The number of ether oxygens (including phenoxy) is 1. The van der Waals surface area contributed by atoms with Gasteiger partial charge in [-0.3, -0.25) is 4.99 Å². The summed E-state index contributed by atoms with van der Waals surface area (Å²) < 4.78 is 5.50. The van der Waals surface area contributed by atoms with E-state index in [2.05, 4.69) is 21.9 Å². The van der Waals surface area contributed by atoms with Gasteiger partial charge in [0.05, 0.1) is 6.10 Å². The molecule has 6 heteroatoms. The Bertz CT molecular complexity index is 429. The number of benzene rings is 1. The molecule has 0 aliphatic carbocycles. The van der Waals surface area contributed by atoms with Crippen molar-refractivity contribution < 1.29 is 4.74 Å². The van der Waals surface area contributed by atoms with Crippen LogP contribution >= 0.6 is 23.4 Å². The van der Waals surface area contributed by atoms with E-state index in [9.17, 15) is 0 Å². The molecule has 1 rings (SSSR count). The van der Waals surface area contributed by atoms with Crippen LogP contribution in [0.25, 0.3) is 0 Å². The summed E-state index contributed by atoms with van der Waals surface area (Å²) in [5.74, 6) is 1.83. The smallest absolute Gasteiger partial charge is 0.191 e. The lowest BCUT2D eigenvalue weighted by Gasteiger charge is -2.19. The van der Waals surface area contributed by atoms with E-state index in [0.717, 1.165) is 23.8 Å². The van der Waals surface area contributed by atoms with Crippen molar-refractivity contribution in [3.63, 3.8) is 0 Å². The highest BCUT2D eigenvalue weighted by Crippen LogP contribution is 2.19. The summed E-state index contributed by atoms with van der Waals surface area (Å²) >= 11 is 7.80. The molecule has 112 valence electrons. The third-order valence-electron chi connectivity index (χ3n) is 2.78. The Balaban J connectivity index is 2.52. The number of halogens is 1. The van der Waals surface area contributed by atoms with Crippen molar-refractivity contribution in [2.45, 2.75) is 6.10 Å². The number of hydrogen-bond donors (Lipinski definition) is 2. The van der Waals surface area contributed by atoms with Crippen LogP contribution in [-0.2, 0) is 4.74 Å². The van der Waals surface area contributed by atoms with Crippen LogP contribution in [0.3, 0.4) is 0 Å². The fourth-order valence-electron chi connectivity index (χ4n) is 1.73. The topological polar surface area (TPSA) is 45.7 Å². The highest BCUT2D eigenvalue weighted by Gasteiger charge is 2.11. The number of methoxy groups -OCH3 is 1. The molecule has 1 aromatic carbocycles. The predicted molar refractivity (Wildman–Crippen MR) is 88.9 cm³/mol. The van der Waals surface area contributed by atoms with Gasteiger partial charge < -0.3 is 15.4 Å². The van der Waals surface area contributed by atoms with E-state index < -0.39 is 0 Å². The van der Waals surface area contributed by atoms with Crippen LogP contribution in [0.4, 0.5) is 0 Å². The van der Waals surface area contributed by atoms with Gasteiger partial charge in [-0.15, -0.1) is 0 Å². The van der Waals surface area contributed by atoms with E-state index in [0.29, 0.717) is 11.6 Å². The number of thioether (sulfide) groups is 1. The molecule has 0 radical (unpaired) electrons. The third kappa shape index (κ3) is 6.03. The number of nitrogens with zero attached hydrogens (tertiary/aromatic N) is 1. The van der Waals surface area contributed by atoms with Crippen molar-refractivity contribution in [1.82, 2.24) is 10.6 Å². The summed E-state index contributed by atoms with van der Waals surface area (Å²) in [5, 5.41) is 7.22. The second-order valence-corrected chi connectivity index (χ2v) is 5.57. The van der Waals surface area contributed by atoms with Gasteiger partial charge in [0.25, 0.3) is 0 Å². The Morgan fingerprint density at radius 1 is 1.45 bits per heavy atom. The summed E-state index contributed by atoms with van der Waals surface area (Å²) in [7, 11) is 3.45. The lowest BCUT2D eigenvalue weighted by molar-refractivity contribution is 0.106. The van der Waals surface area contributed by atoms with Crippen LogP contribution in [0.1, 0.15) is 11.7 Å². The van der Waals surface area contributed by atoms with E-state index in [-0.39, 0.29) is 6.10 Å². The fraction of sp³-hybridized carbons (Fsp3) is 0.500. The minimum atomic E-state index is -0.0622. The summed E-state index contributed by atoms with van der Waals surface area (Å²) in [5.41, 5.74) is 1.05.